The smallest absolute Gasteiger partial charge is 0.316 e. The largest absolute Gasteiger partial charge is 0.386 e. The van der Waals surface area contributed by atoms with Crippen LogP contribution in [0.1, 0.15) is 20.3 Å². The molecule has 11 heavy (non-hydrogen) atoms. The molecule has 1 nitrogen and oxygen atoms in total. The Morgan fingerprint density at radius 2 is 2.18 bits per heavy atom. The zero-order chi connectivity index (χ0) is 7.78. The van der Waals surface area contributed by atoms with Gasteiger partial charge in [-0.15, -0.1) is 0 Å². The average Bonchev–Trinajstić information content (AvgIpc) is 1.79. The van der Waals surface area contributed by atoms with E-state index in [1.807, 2.05) is 6.92 Å². The molecule has 0 heterocycles. The highest BCUT2D eigenvalue weighted by Crippen LogP contribution is 2.27. The summed E-state index contributed by atoms with van der Waals surface area (Å²) in [6.45, 7) is 3.70. The quantitative estimate of drug-likeness (QED) is 0.563. The lowest BCUT2D eigenvalue weighted by atomic mass is 9.93. The topological polar surface area (TPSA) is 20.2 Å². The summed E-state index contributed by atoms with van der Waals surface area (Å²) < 4.78 is 0. The van der Waals surface area contributed by atoms with Crippen molar-refractivity contribution in [3.63, 3.8) is 0 Å². The Bertz CT molecular complexity index is 206. The van der Waals surface area contributed by atoms with Gasteiger partial charge in [-0.1, -0.05) is 23.3 Å². The molecule has 0 aromatic carbocycles. The van der Waals surface area contributed by atoms with E-state index in [0.29, 0.717) is 6.42 Å². The van der Waals surface area contributed by atoms with Crippen LogP contribution in [0.2, 0.25) is 0 Å². The number of hydrogen-bond donors (Lipinski definition) is 1. The Morgan fingerprint density at radius 3 is 2.55 bits per heavy atom. The Balaban J connectivity index is 0.000001000. The Hall–Kier alpha value is 0.496. The molecule has 0 amide bonds. The van der Waals surface area contributed by atoms with E-state index in [2.05, 4.69) is 0 Å². The van der Waals surface area contributed by atoms with E-state index in [0.717, 1.165) is 10.6 Å². The van der Waals surface area contributed by atoms with Gasteiger partial charge in [-0.25, -0.2) is 0 Å². The standard InChI is InChI=1S/C8H11ClO.Mg.2H/c1-6-5-8(2,10)4-3-7(6)9;;;/h3-4,10H,5H2,1-2H3;;;. The Morgan fingerprint density at radius 1 is 1.64 bits per heavy atom. The SMILES string of the molecule is CC1=C(Cl)C=CC(C)(O)C1.[MgH2]. The number of hydrogen-bond acceptors (Lipinski definition) is 1. The minimum Gasteiger partial charge on any atom is -0.386 e. The van der Waals surface area contributed by atoms with Gasteiger partial charge in [0.15, 0.2) is 0 Å². The first-order chi connectivity index (χ1) is 4.51. The van der Waals surface area contributed by atoms with E-state index < -0.39 is 5.60 Å². The summed E-state index contributed by atoms with van der Waals surface area (Å²) in [5.41, 5.74) is 0.358. The molecule has 0 aromatic rings. The van der Waals surface area contributed by atoms with Crippen LogP contribution in [-0.4, -0.2) is 33.8 Å². The van der Waals surface area contributed by atoms with Gasteiger partial charge in [0.2, 0.25) is 0 Å². The van der Waals surface area contributed by atoms with Crippen molar-refractivity contribution < 1.29 is 5.11 Å². The second kappa shape index (κ2) is 3.94. The fourth-order valence-corrected chi connectivity index (χ4v) is 1.20. The van der Waals surface area contributed by atoms with E-state index in [9.17, 15) is 5.11 Å². The molecule has 1 aliphatic rings. The minimum absolute atomic E-state index is 0. The molecule has 1 N–H and O–H groups in total. The molecule has 0 aromatic heterocycles. The molecular formula is C8H13ClMgO. The summed E-state index contributed by atoms with van der Waals surface area (Å²) in [6.07, 6.45) is 4.12. The Labute approximate surface area is 88.3 Å². The number of aliphatic hydroxyl groups is 1. The fraction of sp³-hybridized carbons (Fsp3) is 0.500. The zero-order valence-electron chi connectivity index (χ0n) is 6.19. The molecule has 0 saturated heterocycles. The molecule has 1 atom stereocenters. The second-order valence-corrected chi connectivity index (χ2v) is 3.40. The van der Waals surface area contributed by atoms with E-state index in [1.54, 1.807) is 19.1 Å². The molecule has 0 radical (unpaired) electrons. The summed E-state index contributed by atoms with van der Waals surface area (Å²) in [7, 11) is 0. The van der Waals surface area contributed by atoms with Crippen molar-refractivity contribution >= 4 is 34.7 Å². The van der Waals surface area contributed by atoms with Crippen LogP contribution in [0.4, 0.5) is 0 Å². The first-order valence-corrected chi connectivity index (χ1v) is 3.66. The summed E-state index contributed by atoms with van der Waals surface area (Å²) in [5, 5.41) is 10.2. The first-order valence-electron chi connectivity index (χ1n) is 3.28. The fourth-order valence-electron chi connectivity index (χ4n) is 1.08. The lowest BCUT2D eigenvalue weighted by molar-refractivity contribution is 0.110. The number of rotatable bonds is 0. The van der Waals surface area contributed by atoms with Crippen LogP contribution in [0, 0.1) is 0 Å². The van der Waals surface area contributed by atoms with Crippen LogP contribution in [-0.2, 0) is 0 Å². The maximum absolute atomic E-state index is 9.48. The van der Waals surface area contributed by atoms with Gasteiger partial charge in [0, 0.05) is 11.5 Å². The van der Waals surface area contributed by atoms with Crippen LogP contribution in [0.15, 0.2) is 22.8 Å². The van der Waals surface area contributed by atoms with Crippen molar-refractivity contribution in [1.82, 2.24) is 0 Å². The average molecular weight is 185 g/mol. The summed E-state index contributed by atoms with van der Waals surface area (Å²) >= 11 is 5.78. The van der Waals surface area contributed by atoms with E-state index >= 15 is 0 Å². The molecule has 0 fully saturated rings. The van der Waals surface area contributed by atoms with Crippen molar-refractivity contribution in [2.24, 2.45) is 0 Å². The van der Waals surface area contributed by atoms with E-state index in [1.165, 1.54) is 0 Å². The molecule has 0 spiro atoms. The first kappa shape index (κ1) is 11.5. The normalized spacial score (nSPS) is 30.2. The third-order valence-corrected chi connectivity index (χ3v) is 2.07. The Kier molecular flexibility index (Phi) is 4.12. The predicted molar refractivity (Wildman–Crippen MR) is 51.5 cm³/mol. The number of halogens is 1. The van der Waals surface area contributed by atoms with Gasteiger partial charge in [0.05, 0.1) is 5.60 Å². The lowest BCUT2D eigenvalue weighted by Gasteiger charge is -2.23. The molecule has 60 valence electrons. The molecule has 0 bridgehead atoms. The maximum atomic E-state index is 9.48. The highest BCUT2D eigenvalue weighted by Gasteiger charge is 2.21. The third kappa shape index (κ3) is 3.16. The van der Waals surface area contributed by atoms with Gasteiger partial charge in [0.1, 0.15) is 0 Å². The van der Waals surface area contributed by atoms with E-state index in [-0.39, 0.29) is 23.1 Å². The summed E-state index contributed by atoms with van der Waals surface area (Å²) in [5.74, 6) is 0. The molecule has 1 unspecified atom stereocenters. The van der Waals surface area contributed by atoms with Crippen LogP contribution in [0.3, 0.4) is 0 Å². The van der Waals surface area contributed by atoms with Crippen LogP contribution in [0.5, 0.6) is 0 Å². The van der Waals surface area contributed by atoms with Gasteiger partial charge in [0.25, 0.3) is 0 Å². The lowest BCUT2D eigenvalue weighted by Crippen LogP contribution is -2.23. The van der Waals surface area contributed by atoms with Crippen molar-refractivity contribution in [2.75, 3.05) is 0 Å². The van der Waals surface area contributed by atoms with Crippen LogP contribution >= 0.6 is 11.6 Å². The van der Waals surface area contributed by atoms with Gasteiger partial charge in [-0.3, -0.25) is 0 Å². The molecular weight excluding hydrogens is 172 g/mol. The monoisotopic (exact) mass is 184 g/mol. The molecule has 0 aliphatic heterocycles. The number of allylic oxidation sites excluding steroid dienone is 2. The van der Waals surface area contributed by atoms with Gasteiger partial charge in [-0.05, 0) is 19.9 Å². The van der Waals surface area contributed by atoms with Gasteiger partial charge in [-0.2, -0.15) is 0 Å². The molecule has 1 aliphatic carbocycles. The van der Waals surface area contributed by atoms with Gasteiger partial charge < -0.3 is 5.11 Å². The summed E-state index contributed by atoms with van der Waals surface area (Å²) in [6, 6.07) is 0. The third-order valence-electron chi connectivity index (χ3n) is 1.62. The van der Waals surface area contributed by atoms with Crippen LogP contribution in [0.25, 0.3) is 0 Å². The van der Waals surface area contributed by atoms with Crippen molar-refractivity contribution in [1.29, 1.82) is 0 Å². The zero-order valence-corrected chi connectivity index (χ0v) is 6.94. The highest BCUT2D eigenvalue weighted by atomic mass is 35.5. The van der Waals surface area contributed by atoms with Crippen molar-refractivity contribution in [3.8, 4) is 0 Å². The highest BCUT2D eigenvalue weighted by molar-refractivity contribution is 6.31. The molecule has 3 heteroatoms. The molecule has 1 rings (SSSR count). The van der Waals surface area contributed by atoms with Crippen molar-refractivity contribution in [3.05, 3.63) is 22.8 Å². The van der Waals surface area contributed by atoms with Gasteiger partial charge >= 0.3 is 23.1 Å². The predicted octanol–water partition coefficient (Wildman–Crippen LogP) is 1.29. The van der Waals surface area contributed by atoms with E-state index in [4.69, 9.17) is 11.6 Å². The maximum Gasteiger partial charge on any atom is 0.316 e. The summed E-state index contributed by atoms with van der Waals surface area (Å²) in [4.78, 5) is 0. The minimum atomic E-state index is -0.692. The van der Waals surface area contributed by atoms with Crippen molar-refractivity contribution in [2.45, 2.75) is 25.9 Å². The van der Waals surface area contributed by atoms with Crippen LogP contribution < -0.4 is 0 Å². The molecule has 0 saturated carbocycles. The second-order valence-electron chi connectivity index (χ2n) is 3.00.